The van der Waals surface area contributed by atoms with Gasteiger partial charge in [0.1, 0.15) is 22.3 Å². The Balaban J connectivity index is 0.000000111. The van der Waals surface area contributed by atoms with E-state index in [0.717, 1.165) is 160 Å². The molecule has 0 bridgehead atoms. The Hall–Kier alpha value is -18.0. The van der Waals surface area contributed by atoms with Gasteiger partial charge in [-0.15, -0.1) is 11.3 Å². The van der Waals surface area contributed by atoms with Gasteiger partial charge in [0.05, 0.1) is 0 Å². The Morgan fingerprint density at radius 1 is 0.141 bits per heavy atom. The minimum Gasteiger partial charge on any atom is -0.456 e. The van der Waals surface area contributed by atoms with Crippen LogP contribution < -0.4 is 0 Å². The van der Waals surface area contributed by atoms with Gasteiger partial charge < -0.3 is 8.83 Å². The third-order valence-corrected chi connectivity index (χ3v) is 26.2. The molecule has 20 aromatic carbocycles. The van der Waals surface area contributed by atoms with E-state index < -0.39 is 0 Å². The molecule has 0 spiro atoms. The molecular weight excluding hydrogens is 1670 g/mol. The SMILES string of the molecule is c1ccc(-c2ccc(-c3nc(-c4ccccc4)nc(-c4ccc(-c5cccc6oc7ccccc7c56)c5ccccc45)n3)cc2)cc1.c1ccc(-c2nc(-c3ccc4ccccc4c3)nc(-c3ccc(-c4ccc5oc6ccccc6c5c4)c4ccccc34)n2)cc1.c1ccc(-c2nc(-c3ccccc3)nc(-c3cccc(-c4cccc(-c5cccc6sc7ccccc7c56)c4)c3)n2)cc1. The first-order chi connectivity index (χ1) is 66.9. The van der Waals surface area contributed by atoms with E-state index in [-0.39, 0.29) is 0 Å². The van der Waals surface area contributed by atoms with Crippen LogP contribution in [0.15, 0.2) is 476 Å². The lowest BCUT2D eigenvalue weighted by Crippen LogP contribution is -2.00. The van der Waals surface area contributed by atoms with Gasteiger partial charge in [-0.1, -0.05) is 394 Å². The Morgan fingerprint density at radius 2 is 0.467 bits per heavy atom. The molecule has 11 nitrogen and oxygen atoms in total. The second-order valence-corrected chi connectivity index (χ2v) is 34.4. The smallest absolute Gasteiger partial charge is 0.164 e. The summed E-state index contributed by atoms with van der Waals surface area (Å²) in [4.78, 5) is 45.0. The second kappa shape index (κ2) is 35.1. The zero-order valence-corrected chi connectivity index (χ0v) is 73.5. The molecule has 0 saturated heterocycles. The molecule has 0 radical (unpaired) electrons. The Labute approximate surface area is 781 Å². The number of furan rings is 2. The highest BCUT2D eigenvalue weighted by atomic mass is 32.1. The molecule has 6 heterocycles. The van der Waals surface area contributed by atoms with E-state index in [2.05, 4.69) is 309 Å². The Bertz CT molecular complexity index is 8940. The van der Waals surface area contributed by atoms with Gasteiger partial charge in [0.25, 0.3) is 0 Å². The lowest BCUT2D eigenvalue weighted by Gasteiger charge is -2.14. The fourth-order valence-corrected chi connectivity index (χ4v) is 19.6. The lowest BCUT2D eigenvalue weighted by molar-refractivity contribution is 0.668. The molecule has 0 saturated carbocycles. The maximum atomic E-state index is 6.24. The van der Waals surface area contributed by atoms with Crippen molar-refractivity contribution < 1.29 is 8.83 Å². The maximum Gasteiger partial charge on any atom is 0.164 e. The molecule has 0 amide bonds. The molecule has 135 heavy (non-hydrogen) atoms. The molecule has 0 fully saturated rings. The van der Waals surface area contributed by atoms with Gasteiger partial charge in [0.15, 0.2) is 52.4 Å². The van der Waals surface area contributed by atoms with Crippen molar-refractivity contribution in [1.82, 2.24) is 44.9 Å². The highest BCUT2D eigenvalue weighted by Gasteiger charge is 2.24. The topological polar surface area (TPSA) is 142 Å². The molecule has 12 heteroatoms. The minimum atomic E-state index is 0.635. The van der Waals surface area contributed by atoms with Crippen molar-refractivity contribution in [3.63, 3.8) is 0 Å². The van der Waals surface area contributed by atoms with Crippen molar-refractivity contribution in [3.05, 3.63) is 467 Å². The van der Waals surface area contributed by atoms with Crippen molar-refractivity contribution in [2.45, 2.75) is 0 Å². The zero-order chi connectivity index (χ0) is 89.5. The molecule has 6 aromatic heterocycles. The monoisotopic (exact) mass is 1740 g/mol. The van der Waals surface area contributed by atoms with E-state index in [1.165, 1.54) is 42.2 Å². The number of thiophene rings is 1. The number of fused-ring (bicyclic) bond motifs is 12. The van der Waals surface area contributed by atoms with Gasteiger partial charge in [0, 0.05) is 91.8 Å². The molecule has 632 valence electrons. The van der Waals surface area contributed by atoms with Crippen molar-refractivity contribution >= 4 is 108 Å². The quantitative estimate of drug-likeness (QED) is 0.103. The third kappa shape index (κ3) is 15.7. The van der Waals surface area contributed by atoms with Crippen molar-refractivity contribution in [2.24, 2.45) is 0 Å². The van der Waals surface area contributed by atoms with Crippen molar-refractivity contribution in [1.29, 1.82) is 0 Å². The van der Waals surface area contributed by atoms with E-state index >= 15 is 0 Å². The molecule has 0 N–H and O–H groups in total. The predicted molar refractivity (Wildman–Crippen MR) is 556 cm³/mol. The Morgan fingerprint density at radius 3 is 1.04 bits per heavy atom. The van der Waals surface area contributed by atoms with Crippen LogP contribution in [0.4, 0.5) is 0 Å². The molecule has 0 atom stereocenters. The molecular formula is C123H77N9O2S. The summed E-state index contributed by atoms with van der Waals surface area (Å²) in [7, 11) is 0. The van der Waals surface area contributed by atoms with Crippen LogP contribution in [-0.4, -0.2) is 44.9 Å². The first-order valence-electron chi connectivity index (χ1n) is 45.0. The molecule has 0 unspecified atom stereocenters. The van der Waals surface area contributed by atoms with E-state index in [9.17, 15) is 0 Å². The summed E-state index contributed by atoms with van der Waals surface area (Å²) in [6.45, 7) is 0. The van der Waals surface area contributed by atoms with E-state index in [1.54, 1.807) is 0 Å². The predicted octanol–water partition coefficient (Wildman–Crippen LogP) is 32.6. The summed E-state index contributed by atoms with van der Waals surface area (Å²) >= 11 is 1.85. The Kier molecular flexibility index (Phi) is 20.9. The summed E-state index contributed by atoms with van der Waals surface area (Å²) < 4.78 is 15.0. The van der Waals surface area contributed by atoms with Crippen molar-refractivity contribution in [2.75, 3.05) is 0 Å². The summed E-state index contributed by atoms with van der Waals surface area (Å²) in [6.07, 6.45) is 0. The van der Waals surface area contributed by atoms with Crippen LogP contribution in [0.25, 0.3) is 254 Å². The average Bonchev–Trinajstić information content (AvgIpc) is 1.71. The molecule has 0 aliphatic rings. The summed E-state index contributed by atoms with van der Waals surface area (Å²) in [5.74, 6) is 5.82. The van der Waals surface area contributed by atoms with Crippen LogP contribution in [0.1, 0.15) is 0 Å². The first kappa shape index (κ1) is 80.4. The van der Waals surface area contributed by atoms with Crippen LogP contribution in [0.2, 0.25) is 0 Å². The lowest BCUT2D eigenvalue weighted by atomic mass is 9.92. The largest absolute Gasteiger partial charge is 0.456 e. The fraction of sp³-hybridized carbons (Fsp3) is 0. The number of benzene rings is 20. The summed E-state index contributed by atoms with van der Waals surface area (Å²) in [5.41, 5.74) is 23.7. The molecule has 26 rings (SSSR count). The second-order valence-electron chi connectivity index (χ2n) is 33.3. The van der Waals surface area contributed by atoms with Gasteiger partial charge in [-0.05, 0) is 161 Å². The number of nitrogens with zero attached hydrogens (tertiary/aromatic N) is 9. The molecule has 0 aliphatic heterocycles. The van der Waals surface area contributed by atoms with Crippen molar-refractivity contribution in [3.8, 4) is 158 Å². The van der Waals surface area contributed by atoms with E-state index in [1.807, 2.05) is 169 Å². The number of rotatable bonds is 14. The maximum absolute atomic E-state index is 6.24. The number of hydrogen-bond donors (Lipinski definition) is 0. The van der Waals surface area contributed by atoms with Crippen LogP contribution >= 0.6 is 11.3 Å². The third-order valence-electron chi connectivity index (χ3n) is 25.0. The van der Waals surface area contributed by atoms with Gasteiger partial charge >= 0.3 is 0 Å². The van der Waals surface area contributed by atoms with E-state index in [4.69, 9.17) is 53.7 Å². The van der Waals surface area contributed by atoms with Crippen LogP contribution in [0, 0.1) is 0 Å². The standard InChI is InChI=1S/C43H27N3O.C41H25N3O.C39H25N3S/c1-3-12-28(13-4-1)29-22-24-31(25-23-29)42-44-41(30-14-5-2-6-15-30)45-43(46-42)36-27-26-34(32-16-7-8-17-33(32)36)35-19-11-21-39-40(35)37-18-9-10-20-38(37)47-39;1-2-11-27(12-3-1)39-42-40(30-19-18-26-10-4-5-13-28(26)24-30)44-41(43-39)35-22-21-31(32-14-6-7-15-33(32)35)29-20-23-38-36(25-29)34-16-8-9-17-37(34)45-38;1-3-12-26(13-4-1)37-40-38(27-14-5-2-6-15-27)42-39(41-37)31-19-10-17-29(25-31)28-16-9-18-30(24-28)32-21-11-23-35-36(32)33-20-7-8-22-34(33)43-35/h1-27H;1-25H;1-25H. The van der Waals surface area contributed by atoms with Gasteiger partial charge in [-0.3, -0.25) is 0 Å². The van der Waals surface area contributed by atoms with Gasteiger partial charge in [-0.2, -0.15) is 0 Å². The van der Waals surface area contributed by atoms with Gasteiger partial charge in [0.2, 0.25) is 0 Å². The number of aromatic nitrogens is 9. The highest BCUT2D eigenvalue weighted by Crippen LogP contribution is 2.46. The first-order valence-corrected chi connectivity index (χ1v) is 45.8. The zero-order valence-electron chi connectivity index (χ0n) is 72.7. The van der Waals surface area contributed by atoms with E-state index in [0.29, 0.717) is 52.4 Å². The average molecular weight is 1750 g/mol. The van der Waals surface area contributed by atoms with Crippen LogP contribution in [0.3, 0.4) is 0 Å². The number of hydrogen-bond acceptors (Lipinski definition) is 12. The summed E-state index contributed by atoms with van der Waals surface area (Å²) in [6, 6.07) is 161. The fourth-order valence-electron chi connectivity index (χ4n) is 18.5. The minimum absolute atomic E-state index is 0.635. The molecule has 26 aromatic rings. The normalized spacial score (nSPS) is 11.4. The van der Waals surface area contributed by atoms with Crippen LogP contribution in [-0.2, 0) is 0 Å². The number of para-hydroxylation sites is 2. The summed E-state index contributed by atoms with van der Waals surface area (Å²) in [5, 5.41) is 13.8. The van der Waals surface area contributed by atoms with Gasteiger partial charge in [-0.25, -0.2) is 44.9 Å². The highest BCUT2D eigenvalue weighted by molar-refractivity contribution is 7.26. The molecule has 0 aliphatic carbocycles. The van der Waals surface area contributed by atoms with Crippen LogP contribution in [0.5, 0.6) is 0 Å².